The van der Waals surface area contributed by atoms with Gasteiger partial charge in [0.05, 0.1) is 6.61 Å². The van der Waals surface area contributed by atoms with E-state index in [1.54, 1.807) is 12.1 Å². The molecule has 4 nitrogen and oxygen atoms in total. The lowest BCUT2D eigenvalue weighted by Gasteiger charge is -2.57. The van der Waals surface area contributed by atoms with Crippen LogP contribution >= 0.6 is 0 Å². The van der Waals surface area contributed by atoms with E-state index < -0.39 is 0 Å². The smallest absolute Gasteiger partial charge is 0.225 e. The summed E-state index contributed by atoms with van der Waals surface area (Å²) in [4.78, 5) is 17.2. The minimum atomic E-state index is -0.235. The summed E-state index contributed by atoms with van der Waals surface area (Å²) >= 11 is 0. The van der Waals surface area contributed by atoms with Gasteiger partial charge in [-0.2, -0.15) is 0 Å². The Morgan fingerprint density at radius 2 is 1.80 bits per heavy atom. The van der Waals surface area contributed by atoms with Crippen LogP contribution in [0, 0.1) is 11.7 Å². The van der Waals surface area contributed by atoms with Gasteiger partial charge in [-0.3, -0.25) is 9.69 Å². The zero-order valence-corrected chi connectivity index (χ0v) is 17.2. The molecule has 2 aromatic carbocycles. The Kier molecular flexibility index (Phi) is 5.34. The van der Waals surface area contributed by atoms with Crippen LogP contribution in [0.4, 0.5) is 4.39 Å². The van der Waals surface area contributed by atoms with E-state index in [9.17, 15) is 14.3 Å². The Labute approximate surface area is 177 Å². The molecule has 1 amide bonds. The molecular weight excluding hydrogens is 379 g/mol. The number of halogens is 1. The molecule has 0 aromatic heterocycles. The number of rotatable bonds is 4. The summed E-state index contributed by atoms with van der Waals surface area (Å²) < 4.78 is 13.6. The second-order valence-corrected chi connectivity index (χ2v) is 8.98. The van der Waals surface area contributed by atoms with Crippen LogP contribution in [0.5, 0.6) is 0 Å². The van der Waals surface area contributed by atoms with Crippen molar-refractivity contribution in [1.29, 1.82) is 0 Å². The molecule has 2 heterocycles. The van der Waals surface area contributed by atoms with Gasteiger partial charge < -0.3 is 10.0 Å². The van der Waals surface area contributed by atoms with E-state index in [1.807, 2.05) is 18.2 Å². The highest BCUT2D eigenvalue weighted by Crippen LogP contribution is 2.43. The van der Waals surface area contributed by atoms with Crippen molar-refractivity contribution < 1.29 is 14.3 Å². The van der Waals surface area contributed by atoms with Crippen molar-refractivity contribution >= 4 is 5.91 Å². The van der Waals surface area contributed by atoms with E-state index in [-0.39, 0.29) is 36.3 Å². The number of fused-ring (bicyclic) bond motifs is 1. The summed E-state index contributed by atoms with van der Waals surface area (Å²) in [6, 6.07) is 15.3. The van der Waals surface area contributed by atoms with Crippen molar-refractivity contribution in [3.8, 4) is 11.1 Å². The Hall–Kier alpha value is -2.24. The number of benzene rings is 2. The molecule has 2 aliphatic heterocycles. The van der Waals surface area contributed by atoms with Gasteiger partial charge in [0.1, 0.15) is 5.82 Å². The normalized spacial score (nSPS) is 27.0. The van der Waals surface area contributed by atoms with E-state index >= 15 is 0 Å². The molecule has 5 rings (SSSR count). The fourth-order valence-corrected chi connectivity index (χ4v) is 5.29. The SMILES string of the molecule is O=C(C1CC1)N1CCCCN2[C@H](CO)[C@@H](c3ccc(-c4cccc(F)c4)cc3)[C@H]2C1. The average molecular weight is 409 g/mol. The second kappa shape index (κ2) is 8.12. The van der Waals surface area contributed by atoms with Crippen molar-refractivity contribution in [3.63, 3.8) is 0 Å². The number of carbonyl (C=O) groups is 1. The summed E-state index contributed by atoms with van der Waals surface area (Å²) in [5.41, 5.74) is 3.04. The van der Waals surface area contributed by atoms with Gasteiger partial charge in [-0.25, -0.2) is 4.39 Å². The lowest BCUT2D eigenvalue weighted by molar-refractivity contribution is -0.137. The summed E-state index contributed by atoms with van der Waals surface area (Å²) in [7, 11) is 0. The maximum absolute atomic E-state index is 13.6. The van der Waals surface area contributed by atoms with Gasteiger partial charge in [0.2, 0.25) is 5.91 Å². The summed E-state index contributed by atoms with van der Waals surface area (Å²) in [5.74, 6) is 0.547. The van der Waals surface area contributed by atoms with Crippen LogP contribution in [-0.4, -0.2) is 59.1 Å². The predicted octanol–water partition coefficient (Wildman–Crippen LogP) is 3.65. The topological polar surface area (TPSA) is 43.8 Å². The Morgan fingerprint density at radius 3 is 2.50 bits per heavy atom. The van der Waals surface area contributed by atoms with Crippen LogP contribution in [0.2, 0.25) is 0 Å². The molecule has 2 aromatic rings. The minimum absolute atomic E-state index is 0.103. The first kappa shape index (κ1) is 19.7. The quantitative estimate of drug-likeness (QED) is 0.840. The summed E-state index contributed by atoms with van der Waals surface area (Å²) in [6.07, 6.45) is 4.17. The number of aliphatic hydroxyl groups excluding tert-OH is 1. The highest BCUT2D eigenvalue weighted by molar-refractivity contribution is 5.81. The van der Waals surface area contributed by atoms with E-state index in [0.29, 0.717) is 5.91 Å². The van der Waals surface area contributed by atoms with Crippen LogP contribution in [0.1, 0.15) is 37.2 Å². The number of carbonyl (C=O) groups excluding carboxylic acids is 1. The highest BCUT2D eigenvalue weighted by Gasteiger charge is 2.50. The number of hydrogen-bond donors (Lipinski definition) is 1. The third-order valence-electron chi connectivity index (χ3n) is 7.06. The van der Waals surface area contributed by atoms with Crippen molar-refractivity contribution in [3.05, 3.63) is 59.9 Å². The van der Waals surface area contributed by atoms with Gasteiger partial charge in [0.25, 0.3) is 0 Å². The van der Waals surface area contributed by atoms with Crippen LogP contribution in [0.25, 0.3) is 11.1 Å². The zero-order valence-electron chi connectivity index (χ0n) is 17.2. The molecule has 1 saturated carbocycles. The molecule has 0 unspecified atom stereocenters. The molecular formula is C25H29FN2O2. The van der Waals surface area contributed by atoms with E-state index in [1.165, 1.54) is 11.6 Å². The van der Waals surface area contributed by atoms with Gasteiger partial charge in [-0.1, -0.05) is 36.4 Å². The Balaban J connectivity index is 1.38. The van der Waals surface area contributed by atoms with Gasteiger partial charge in [0, 0.05) is 37.0 Å². The summed E-state index contributed by atoms with van der Waals surface area (Å²) in [5, 5.41) is 10.1. The van der Waals surface area contributed by atoms with Gasteiger partial charge in [-0.15, -0.1) is 0 Å². The van der Waals surface area contributed by atoms with Crippen LogP contribution in [0.3, 0.4) is 0 Å². The van der Waals surface area contributed by atoms with Crippen molar-refractivity contribution in [1.82, 2.24) is 9.80 Å². The van der Waals surface area contributed by atoms with Crippen molar-refractivity contribution in [2.24, 2.45) is 5.92 Å². The molecule has 0 radical (unpaired) electrons. The van der Waals surface area contributed by atoms with E-state index in [4.69, 9.17) is 0 Å². The van der Waals surface area contributed by atoms with Crippen LogP contribution in [-0.2, 0) is 4.79 Å². The van der Waals surface area contributed by atoms with E-state index in [2.05, 4.69) is 21.9 Å². The first-order valence-corrected chi connectivity index (χ1v) is 11.2. The standard InChI is InChI=1S/C25H29FN2O2/c26-21-5-3-4-20(14-21)17-6-8-18(9-7-17)24-22-15-27(25(30)19-10-11-19)12-1-2-13-28(22)23(24)16-29/h3-9,14,19,22-24,29H,1-2,10-13,15-16H2/t22-,23-,24+/m1/s1. The molecule has 5 heteroatoms. The van der Waals surface area contributed by atoms with Crippen molar-refractivity contribution in [2.75, 3.05) is 26.2 Å². The molecule has 158 valence electrons. The third kappa shape index (κ3) is 3.65. The second-order valence-electron chi connectivity index (χ2n) is 8.98. The van der Waals surface area contributed by atoms with Gasteiger partial charge >= 0.3 is 0 Å². The number of nitrogens with zero attached hydrogens (tertiary/aromatic N) is 2. The van der Waals surface area contributed by atoms with Gasteiger partial charge in [-0.05, 0) is 61.1 Å². The maximum atomic E-state index is 13.6. The van der Waals surface area contributed by atoms with Crippen LogP contribution < -0.4 is 0 Å². The lowest BCUT2D eigenvalue weighted by Crippen LogP contribution is -2.68. The first-order valence-electron chi connectivity index (χ1n) is 11.2. The molecule has 0 spiro atoms. The molecule has 2 saturated heterocycles. The molecule has 1 N–H and O–H groups in total. The number of hydrogen-bond acceptors (Lipinski definition) is 3. The Morgan fingerprint density at radius 1 is 1.03 bits per heavy atom. The molecule has 3 fully saturated rings. The molecule has 0 bridgehead atoms. The first-order chi connectivity index (χ1) is 14.7. The number of aliphatic hydroxyl groups is 1. The number of amides is 1. The fraction of sp³-hybridized carbons (Fsp3) is 0.480. The van der Waals surface area contributed by atoms with Gasteiger partial charge in [0.15, 0.2) is 0 Å². The molecule has 3 atom stereocenters. The predicted molar refractivity (Wildman–Crippen MR) is 114 cm³/mol. The zero-order chi connectivity index (χ0) is 20.7. The third-order valence-corrected chi connectivity index (χ3v) is 7.06. The molecule has 1 aliphatic carbocycles. The highest BCUT2D eigenvalue weighted by atomic mass is 19.1. The maximum Gasteiger partial charge on any atom is 0.225 e. The monoisotopic (exact) mass is 408 g/mol. The Bertz CT molecular complexity index is 912. The minimum Gasteiger partial charge on any atom is -0.395 e. The molecule has 30 heavy (non-hydrogen) atoms. The summed E-state index contributed by atoms with van der Waals surface area (Å²) in [6.45, 7) is 2.72. The average Bonchev–Trinajstić information content (AvgIpc) is 3.58. The fourth-order valence-electron chi connectivity index (χ4n) is 5.29. The molecule has 3 aliphatic rings. The van der Waals surface area contributed by atoms with E-state index in [0.717, 1.165) is 56.4 Å². The van der Waals surface area contributed by atoms with Crippen molar-refractivity contribution in [2.45, 2.75) is 43.7 Å². The lowest BCUT2D eigenvalue weighted by atomic mass is 9.74. The van der Waals surface area contributed by atoms with Crippen LogP contribution in [0.15, 0.2) is 48.5 Å². The largest absolute Gasteiger partial charge is 0.395 e.